The van der Waals surface area contributed by atoms with Crippen molar-refractivity contribution in [3.05, 3.63) is 70.3 Å². The van der Waals surface area contributed by atoms with E-state index in [-0.39, 0.29) is 18.7 Å². The number of hydroxylamine groups is 1. The number of carbonyl (C=O) groups is 1. The van der Waals surface area contributed by atoms with E-state index in [0.29, 0.717) is 5.56 Å². The minimum Gasteiger partial charge on any atom is -0.464 e. The van der Waals surface area contributed by atoms with Gasteiger partial charge in [0, 0.05) is 12.5 Å². The maximum atomic E-state index is 12.1. The van der Waals surface area contributed by atoms with Crippen molar-refractivity contribution in [2.24, 2.45) is 0 Å². The zero-order valence-electron chi connectivity index (χ0n) is 13.7. The van der Waals surface area contributed by atoms with Gasteiger partial charge in [0.05, 0.1) is 28.8 Å². The average molecular weight is 342 g/mol. The van der Waals surface area contributed by atoms with E-state index in [1.807, 2.05) is 30.3 Å². The van der Waals surface area contributed by atoms with Crippen molar-refractivity contribution < 1.29 is 19.3 Å². The Morgan fingerprint density at radius 3 is 2.60 bits per heavy atom. The number of nitro groups is 1. The second-order valence-corrected chi connectivity index (χ2v) is 5.57. The number of rotatable bonds is 5. The van der Waals surface area contributed by atoms with Gasteiger partial charge in [0.1, 0.15) is 0 Å². The predicted octanol–water partition coefficient (Wildman–Crippen LogP) is 3.41. The standard InChI is InChI=1S/C18H18N2O5/c1-2-24-18(21)17-12-16(14-10-6-7-11-15(14)20(22)23)19(25-17)13-8-4-3-5-9-13/h3-11,16-17H,2,12H2,1H3. The number of esters is 1. The molecular weight excluding hydrogens is 324 g/mol. The van der Waals surface area contributed by atoms with Crippen molar-refractivity contribution in [2.75, 3.05) is 11.7 Å². The van der Waals surface area contributed by atoms with Crippen LogP contribution in [0.4, 0.5) is 11.4 Å². The van der Waals surface area contributed by atoms with Crippen molar-refractivity contribution in [1.82, 2.24) is 0 Å². The lowest BCUT2D eigenvalue weighted by Crippen LogP contribution is -2.26. The van der Waals surface area contributed by atoms with Gasteiger partial charge in [0.15, 0.2) is 6.10 Å². The van der Waals surface area contributed by atoms with Gasteiger partial charge in [0.25, 0.3) is 5.69 Å². The first kappa shape index (κ1) is 16.9. The minimum atomic E-state index is -0.801. The number of nitrogens with zero attached hydrogens (tertiary/aromatic N) is 2. The third-order valence-corrected chi connectivity index (χ3v) is 4.01. The highest BCUT2D eigenvalue weighted by Crippen LogP contribution is 2.41. The summed E-state index contributed by atoms with van der Waals surface area (Å²) in [5.41, 5.74) is 1.22. The van der Waals surface area contributed by atoms with Crippen molar-refractivity contribution in [1.29, 1.82) is 0 Å². The molecular formula is C18H18N2O5. The second-order valence-electron chi connectivity index (χ2n) is 5.57. The van der Waals surface area contributed by atoms with Gasteiger partial charge in [0.2, 0.25) is 0 Å². The van der Waals surface area contributed by atoms with E-state index < -0.39 is 23.0 Å². The number of hydrogen-bond acceptors (Lipinski definition) is 6. The first-order chi connectivity index (χ1) is 12.1. The summed E-state index contributed by atoms with van der Waals surface area (Å²) < 4.78 is 5.05. The molecule has 1 aliphatic rings. The van der Waals surface area contributed by atoms with Gasteiger partial charge in [-0.2, -0.15) is 0 Å². The third kappa shape index (κ3) is 3.46. The SMILES string of the molecule is CCOC(=O)C1CC(c2ccccc2[N+](=O)[O-])N(c2ccccc2)O1. The normalized spacial score (nSPS) is 19.6. The molecule has 0 bridgehead atoms. The Labute approximate surface area is 144 Å². The molecule has 0 radical (unpaired) electrons. The largest absolute Gasteiger partial charge is 0.464 e. The van der Waals surface area contributed by atoms with Gasteiger partial charge in [-0.15, -0.1) is 0 Å². The molecule has 1 aliphatic heterocycles. The number of benzene rings is 2. The van der Waals surface area contributed by atoms with Gasteiger partial charge < -0.3 is 4.74 Å². The van der Waals surface area contributed by atoms with Crippen molar-refractivity contribution in [3.63, 3.8) is 0 Å². The van der Waals surface area contributed by atoms with Crippen LogP contribution < -0.4 is 5.06 Å². The molecule has 7 nitrogen and oxygen atoms in total. The maximum Gasteiger partial charge on any atom is 0.338 e. The molecule has 0 aromatic heterocycles. The Hall–Kier alpha value is -2.93. The van der Waals surface area contributed by atoms with Crippen LogP contribution in [0.5, 0.6) is 0 Å². The van der Waals surface area contributed by atoms with Gasteiger partial charge in [-0.1, -0.05) is 30.3 Å². The molecule has 2 atom stereocenters. The van der Waals surface area contributed by atoms with E-state index in [9.17, 15) is 14.9 Å². The maximum absolute atomic E-state index is 12.1. The molecule has 1 fully saturated rings. The van der Waals surface area contributed by atoms with E-state index in [1.165, 1.54) is 6.07 Å². The molecule has 1 saturated heterocycles. The van der Waals surface area contributed by atoms with Gasteiger partial charge >= 0.3 is 5.97 Å². The van der Waals surface area contributed by atoms with Crippen LogP contribution in [0.15, 0.2) is 54.6 Å². The first-order valence-electron chi connectivity index (χ1n) is 8.02. The van der Waals surface area contributed by atoms with E-state index in [2.05, 4.69) is 0 Å². The van der Waals surface area contributed by atoms with Gasteiger partial charge in [-0.3, -0.25) is 15.0 Å². The molecule has 0 saturated carbocycles. The Kier molecular flexibility index (Phi) is 4.95. The summed E-state index contributed by atoms with van der Waals surface area (Å²) >= 11 is 0. The average Bonchev–Trinajstić information content (AvgIpc) is 3.08. The molecule has 7 heteroatoms. The van der Waals surface area contributed by atoms with E-state index >= 15 is 0 Å². The summed E-state index contributed by atoms with van der Waals surface area (Å²) in [4.78, 5) is 28.9. The fraction of sp³-hybridized carbons (Fsp3) is 0.278. The number of nitro benzene ring substituents is 1. The molecule has 2 aromatic rings. The first-order valence-corrected chi connectivity index (χ1v) is 8.02. The molecule has 130 valence electrons. The van der Waals surface area contributed by atoms with Crippen LogP contribution in [0.2, 0.25) is 0 Å². The Bertz CT molecular complexity index is 765. The van der Waals surface area contributed by atoms with E-state index in [1.54, 1.807) is 30.2 Å². The van der Waals surface area contributed by atoms with Crippen LogP contribution in [-0.4, -0.2) is 23.6 Å². The van der Waals surface area contributed by atoms with Crippen LogP contribution in [0, 0.1) is 10.1 Å². The monoisotopic (exact) mass is 342 g/mol. The van der Waals surface area contributed by atoms with Crippen LogP contribution in [0.3, 0.4) is 0 Å². The van der Waals surface area contributed by atoms with Crippen LogP contribution in [-0.2, 0) is 14.4 Å². The molecule has 0 aliphatic carbocycles. The fourth-order valence-electron chi connectivity index (χ4n) is 2.93. The number of para-hydroxylation sites is 2. The smallest absolute Gasteiger partial charge is 0.338 e. The number of hydrogen-bond donors (Lipinski definition) is 0. The number of ether oxygens (including phenoxy) is 1. The Balaban J connectivity index is 1.99. The summed E-state index contributed by atoms with van der Waals surface area (Å²) in [5, 5.41) is 13.0. The quantitative estimate of drug-likeness (QED) is 0.470. The predicted molar refractivity (Wildman–Crippen MR) is 90.9 cm³/mol. The van der Waals surface area contributed by atoms with Crippen molar-refractivity contribution in [2.45, 2.75) is 25.5 Å². The topological polar surface area (TPSA) is 81.9 Å². The van der Waals surface area contributed by atoms with Crippen LogP contribution in [0.25, 0.3) is 0 Å². The van der Waals surface area contributed by atoms with Gasteiger partial charge in [-0.05, 0) is 25.1 Å². The van der Waals surface area contributed by atoms with E-state index in [0.717, 1.165) is 5.69 Å². The molecule has 2 unspecified atom stereocenters. The highest BCUT2D eigenvalue weighted by Gasteiger charge is 2.42. The van der Waals surface area contributed by atoms with Crippen molar-refractivity contribution >= 4 is 17.3 Å². The molecule has 1 heterocycles. The Morgan fingerprint density at radius 1 is 1.24 bits per heavy atom. The lowest BCUT2D eigenvalue weighted by Gasteiger charge is -2.24. The summed E-state index contributed by atoms with van der Waals surface area (Å²) in [6.07, 6.45) is -0.525. The summed E-state index contributed by atoms with van der Waals surface area (Å²) in [6, 6.07) is 15.2. The molecule has 0 amide bonds. The minimum absolute atomic E-state index is 0.00143. The Morgan fingerprint density at radius 2 is 1.92 bits per heavy atom. The van der Waals surface area contributed by atoms with Crippen molar-refractivity contribution in [3.8, 4) is 0 Å². The molecule has 2 aromatic carbocycles. The zero-order chi connectivity index (χ0) is 17.8. The number of carbonyl (C=O) groups excluding carboxylic acids is 1. The third-order valence-electron chi connectivity index (χ3n) is 4.01. The molecule has 25 heavy (non-hydrogen) atoms. The van der Waals surface area contributed by atoms with Gasteiger partial charge in [-0.25, -0.2) is 9.86 Å². The lowest BCUT2D eigenvalue weighted by molar-refractivity contribution is -0.385. The molecule has 0 spiro atoms. The second kappa shape index (κ2) is 7.31. The molecule has 3 rings (SSSR count). The summed E-state index contributed by atoms with van der Waals surface area (Å²) in [5.74, 6) is -0.468. The highest BCUT2D eigenvalue weighted by molar-refractivity contribution is 5.76. The van der Waals surface area contributed by atoms with Crippen LogP contribution in [0.1, 0.15) is 24.9 Å². The molecule has 0 N–H and O–H groups in total. The summed E-state index contributed by atoms with van der Waals surface area (Å²) in [7, 11) is 0. The zero-order valence-corrected chi connectivity index (χ0v) is 13.7. The van der Waals surface area contributed by atoms with E-state index in [4.69, 9.17) is 9.57 Å². The fourth-order valence-corrected chi connectivity index (χ4v) is 2.93. The lowest BCUT2D eigenvalue weighted by atomic mass is 9.99. The number of anilines is 1. The van der Waals surface area contributed by atoms with Crippen LogP contribution >= 0.6 is 0 Å². The highest BCUT2D eigenvalue weighted by atomic mass is 16.7. The summed E-state index contributed by atoms with van der Waals surface area (Å²) in [6.45, 7) is 1.97.